The van der Waals surface area contributed by atoms with Gasteiger partial charge in [0.15, 0.2) is 5.69 Å². The van der Waals surface area contributed by atoms with Crippen LogP contribution in [0.3, 0.4) is 0 Å². The summed E-state index contributed by atoms with van der Waals surface area (Å²) in [5.74, 6) is 0. The smallest absolute Gasteiger partial charge is 0.369 e. The molecule has 0 unspecified atom stereocenters. The molecular weight excluding hydrogens is 393 g/mol. The number of hydrogen-bond donors (Lipinski definition) is 1. The Balaban J connectivity index is 0.000000199. The van der Waals surface area contributed by atoms with Crippen LogP contribution in [0.5, 0.6) is 0 Å². The summed E-state index contributed by atoms with van der Waals surface area (Å²) in [6.07, 6.45) is -1.34. The number of aromatic amines is 1. The van der Waals surface area contributed by atoms with Crippen LogP contribution in [0.2, 0.25) is 0 Å². The van der Waals surface area contributed by atoms with E-state index in [1.165, 1.54) is 12.8 Å². The number of hydrogen-bond acceptors (Lipinski definition) is 4. The van der Waals surface area contributed by atoms with E-state index in [1.54, 1.807) is 0 Å². The fourth-order valence-corrected chi connectivity index (χ4v) is 3.10. The second kappa shape index (κ2) is 9.27. The number of nitrogens with one attached hydrogen (secondary N) is 1. The highest BCUT2D eigenvalue weighted by Crippen LogP contribution is 2.28. The van der Waals surface area contributed by atoms with Gasteiger partial charge in [-0.25, -0.2) is 4.98 Å². The second-order valence-corrected chi connectivity index (χ2v) is 6.68. The van der Waals surface area contributed by atoms with E-state index < -0.39 is 17.3 Å². The van der Waals surface area contributed by atoms with Gasteiger partial charge < -0.3 is 9.88 Å². The Labute approximate surface area is 171 Å². The molecule has 8 heteroatoms. The van der Waals surface area contributed by atoms with Gasteiger partial charge in [-0.15, -0.1) is 0 Å². The van der Waals surface area contributed by atoms with Crippen molar-refractivity contribution in [2.45, 2.75) is 19.0 Å². The Morgan fingerprint density at radius 3 is 2.27 bits per heavy atom. The molecule has 1 N–H and O–H groups in total. The topological polar surface area (TPSA) is 72.8 Å². The largest absolute Gasteiger partial charge is 0.417 e. The molecule has 1 aliphatic heterocycles. The SMILES string of the molecule is N#Cc1nc(-c2ccccc2)ccc1N1CCCC1.O=c1ccc(C(F)(F)F)c[nH]1. The summed E-state index contributed by atoms with van der Waals surface area (Å²) in [6, 6.07) is 17.8. The van der Waals surface area contributed by atoms with Gasteiger partial charge in [0.25, 0.3) is 0 Å². The second-order valence-electron chi connectivity index (χ2n) is 6.68. The lowest BCUT2D eigenvalue weighted by Crippen LogP contribution is -2.19. The summed E-state index contributed by atoms with van der Waals surface area (Å²) >= 11 is 0. The van der Waals surface area contributed by atoms with Gasteiger partial charge >= 0.3 is 6.18 Å². The molecule has 2 aromatic heterocycles. The van der Waals surface area contributed by atoms with Crippen LogP contribution < -0.4 is 10.5 Å². The number of pyridine rings is 2. The third-order valence-corrected chi connectivity index (χ3v) is 4.61. The molecule has 30 heavy (non-hydrogen) atoms. The number of halogens is 3. The first-order valence-corrected chi connectivity index (χ1v) is 9.36. The highest BCUT2D eigenvalue weighted by Gasteiger charge is 2.30. The fraction of sp³-hybridized carbons (Fsp3) is 0.227. The third-order valence-electron chi connectivity index (χ3n) is 4.61. The van der Waals surface area contributed by atoms with Gasteiger partial charge in [0.05, 0.1) is 16.9 Å². The molecule has 1 aliphatic rings. The van der Waals surface area contributed by atoms with Crippen molar-refractivity contribution < 1.29 is 13.2 Å². The minimum Gasteiger partial charge on any atom is -0.369 e. The Morgan fingerprint density at radius 1 is 1.00 bits per heavy atom. The fourth-order valence-electron chi connectivity index (χ4n) is 3.10. The molecule has 0 bridgehead atoms. The molecule has 5 nitrogen and oxygen atoms in total. The molecule has 3 heterocycles. The van der Waals surface area contributed by atoms with Crippen LogP contribution in [0.4, 0.5) is 18.9 Å². The number of anilines is 1. The van der Waals surface area contributed by atoms with E-state index in [1.807, 2.05) is 47.4 Å². The van der Waals surface area contributed by atoms with Gasteiger partial charge in [-0.1, -0.05) is 30.3 Å². The Morgan fingerprint density at radius 2 is 1.70 bits per heavy atom. The summed E-state index contributed by atoms with van der Waals surface area (Å²) in [5, 5.41) is 9.31. The number of H-pyrrole nitrogens is 1. The van der Waals surface area contributed by atoms with E-state index in [9.17, 15) is 23.2 Å². The highest BCUT2D eigenvalue weighted by atomic mass is 19.4. The first-order chi connectivity index (χ1) is 14.4. The van der Waals surface area contributed by atoms with Crippen LogP contribution in [0.15, 0.2) is 65.6 Å². The number of benzene rings is 1. The highest BCUT2D eigenvalue weighted by molar-refractivity contribution is 5.65. The van der Waals surface area contributed by atoms with Gasteiger partial charge in [0.2, 0.25) is 5.56 Å². The van der Waals surface area contributed by atoms with E-state index in [0.29, 0.717) is 11.9 Å². The molecule has 0 spiro atoms. The molecule has 1 saturated heterocycles. The lowest BCUT2D eigenvalue weighted by atomic mass is 10.1. The van der Waals surface area contributed by atoms with E-state index in [2.05, 4.69) is 16.0 Å². The van der Waals surface area contributed by atoms with Crippen LogP contribution in [-0.4, -0.2) is 23.1 Å². The lowest BCUT2D eigenvalue weighted by molar-refractivity contribution is -0.137. The number of nitriles is 1. The van der Waals surface area contributed by atoms with Crippen molar-refractivity contribution in [3.8, 4) is 17.3 Å². The number of aromatic nitrogens is 2. The van der Waals surface area contributed by atoms with Crippen molar-refractivity contribution in [1.82, 2.24) is 9.97 Å². The van der Waals surface area contributed by atoms with Gasteiger partial charge in [-0.3, -0.25) is 4.79 Å². The molecule has 0 amide bonds. The summed E-state index contributed by atoms with van der Waals surface area (Å²) < 4.78 is 35.4. The summed E-state index contributed by atoms with van der Waals surface area (Å²) in [7, 11) is 0. The van der Waals surface area contributed by atoms with E-state index in [-0.39, 0.29) is 0 Å². The molecular formula is C22H19F3N4O. The number of nitrogens with zero attached hydrogens (tertiary/aromatic N) is 3. The molecule has 0 atom stereocenters. The summed E-state index contributed by atoms with van der Waals surface area (Å²) in [4.78, 5) is 19.0. The average molecular weight is 412 g/mol. The molecule has 1 fully saturated rings. The van der Waals surface area contributed by atoms with Crippen molar-refractivity contribution in [3.63, 3.8) is 0 Å². The summed E-state index contributed by atoms with van der Waals surface area (Å²) in [6.45, 7) is 2.06. The van der Waals surface area contributed by atoms with Crippen molar-refractivity contribution in [2.75, 3.05) is 18.0 Å². The zero-order valence-electron chi connectivity index (χ0n) is 16.0. The van der Waals surface area contributed by atoms with Gasteiger partial charge in [0.1, 0.15) is 6.07 Å². The minimum absolute atomic E-state index is 0.531. The van der Waals surface area contributed by atoms with Gasteiger partial charge in [0, 0.05) is 30.9 Å². The lowest BCUT2D eigenvalue weighted by Gasteiger charge is -2.18. The zero-order valence-corrected chi connectivity index (χ0v) is 16.0. The third kappa shape index (κ3) is 5.26. The molecule has 0 radical (unpaired) electrons. The Kier molecular flexibility index (Phi) is 6.52. The van der Waals surface area contributed by atoms with E-state index in [0.717, 1.165) is 42.2 Å². The molecule has 1 aromatic carbocycles. The molecule has 3 aromatic rings. The molecule has 154 valence electrons. The van der Waals surface area contributed by atoms with Crippen molar-refractivity contribution in [2.24, 2.45) is 0 Å². The standard InChI is InChI=1S/C16H15N3.C6H4F3NO/c17-12-15-16(19-10-4-5-11-19)9-8-14(18-15)13-6-2-1-3-7-13;7-6(8,9)4-1-2-5(11)10-3-4/h1-3,6-9H,4-5,10-11H2;1-3H,(H,10,11). The van der Waals surface area contributed by atoms with Crippen molar-refractivity contribution >= 4 is 5.69 Å². The molecule has 4 rings (SSSR count). The van der Waals surface area contributed by atoms with Crippen LogP contribution in [0.25, 0.3) is 11.3 Å². The van der Waals surface area contributed by atoms with Crippen LogP contribution in [0.1, 0.15) is 24.1 Å². The first-order valence-electron chi connectivity index (χ1n) is 9.36. The van der Waals surface area contributed by atoms with E-state index in [4.69, 9.17) is 0 Å². The van der Waals surface area contributed by atoms with Crippen LogP contribution in [0, 0.1) is 11.3 Å². The predicted molar refractivity (Wildman–Crippen MR) is 108 cm³/mol. The number of rotatable bonds is 2. The summed E-state index contributed by atoms with van der Waals surface area (Å²) in [5.41, 5.74) is 2.02. The first kappa shape index (κ1) is 21.1. The van der Waals surface area contributed by atoms with E-state index >= 15 is 0 Å². The maximum absolute atomic E-state index is 11.8. The van der Waals surface area contributed by atoms with Crippen LogP contribution in [-0.2, 0) is 6.18 Å². The maximum Gasteiger partial charge on any atom is 0.417 e. The number of alkyl halides is 3. The minimum atomic E-state index is -4.38. The van der Waals surface area contributed by atoms with Gasteiger partial charge in [-0.05, 0) is 31.0 Å². The van der Waals surface area contributed by atoms with Crippen molar-refractivity contribution in [1.29, 1.82) is 5.26 Å². The predicted octanol–water partition coefficient (Wildman–Crippen LogP) is 4.61. The molecule has 0 aliphatic carbocycles. The normalized spacial score (nSPS) is 13.3. The molecule has 0 saturated carbocycles. The van der Waals surface area contributed by atoms with Crippen LogP contribution >= 0.6 is 0 Å². The average Bonchev–Trinajstić information content (AvgIpc) is 3.29. The monoisotopic (exact) mass is 412 g/mol. The Bertz CT molecular complexity index is 1060. The maximum atomic E-state index is 11.8. The van der Waals surface area contributed by atoms with Gasteiger partial charge in [-0.2, -0.15) is 18.4 Å². The Hall–Kier alpha value is -3.60. The quantitative estimate of drug-likeness (QED) is 0.667. The van der Waals surface area contributed by atoms with Crippen molar-refractivity contribution in [3.05, 3.63) is 82.4 Å². The zero-order chi connectivity index (χ0) is 21.6.